The zero-order valence-corrected chi connectivity index (χ0v) is 25.7. The highest BCUT2D eigenvalue weighted by Gasteiger charge is 2.40. The van der Waals surface area contributed by atoms with Gasteiger partial charge in [-0.05, 0) is 92.1 Å². The molecule has 1 aromatic carbocycles. The molecule has 2 aliphatic rings. The molecular formula is C31H31F3N6O4S. The monoisotopic (exact) mass is 640 g/mol. The van der Waals surface area contributed by atoms with Crippen molar-refractivity contribution >= 4 is 33.0 Å². The summed E-state index contributed by atoms with van der Waals surface area (Å²) < 4.78 is 70.9. The van der Waals surface area contributed by atoms with Crippen molar-refractivity contribution in [1.29, 1.82) is 0 Å². The summed E-state index contributed by atoms with van der Waals surface area (Å²) in [5, 5.41) is 17.1. The Labute approximate surface area is 257 Å². The number of alkyl halides is 3. The largest absolute Gasteiger partial charge is 0.478 e. The molecule has 10 nitrogen and oxygen atoms in total. The van der Waals surface area contributed by atoms with Crippen molar-refractivity contribution in [3.63, 3.8) is 0 Å². The number of halogens is 3. The fourth-order valence-corrected chi connectivity index (χ4v) is 7.91. The van der Waals surface area contributed by atoms with E-state index in [0.29, 0.717) is 28.1 Å². The van der Waals surface area contributed by atoms with Crippen LogP contribution >= 0.6 is 0 Å². The molecule has 3 aromatic heterocycles. The first-order valence-electron chi connectivity index (χ1n) is 14.5. The first-order valence-corrected chi connectivity index (χ1v) is 15.9. The lowest BCUT2D eigenvalue weighted by atomic mass is 9.89. The highest BCUT2D eigenvalue weighted by atomic mass is 32.2. The van der Waals surface area contributed by atoms with Crippen LogP contribution in [0.15, 0.2) is 59.3 Å². The Balaban J connectivity index is 1.45. The summed E-state index contributed by atoms with van der Waals surface area (Å²) in [5.41, 5.74) is 2.84. The minimum atomic E-state index is -4.73. The molecule has 2 aliphatic heterocycles. The molecule has 0 saturated carbocycles. The van der Waals surface area contributed by atoms with Crippen LogP contribution in [0.2, 0.25) is 0 Å². The van der Waals surface area contributed by atoms with Crippen molar-refractivity contribution in [2.45, 2.75) is 63.7 Å². The molecule has 5 heterocycles. The summed E-state index contributed by atoms with van der Waals surface area (Å²) in [6.45, 7) is 5.86. The highest BCUT2D eigenvalue weighted by Crippen LogP contribution is 2.37. The third kappa shape index (κ3) is 5.35. The molecule has 1 fully saturated rings. The number of benzene rings is 1. The molecule has 4 aromatic rings. The number of sulfonamides is 1. The fraction of sp³-hybridized carbons (Fsp3) is 0.355. The number of fused-ring (bicyclic) bond motifs is 4. The Hall–Kier alpha value is -4.30. The molecule has 1 saturated heterocycles. The number of carboxylic acids is 1. The van der Waals surface area contributed by atoms with Crippen LogP contribution in [0.1, 0.15) is 59.8 Å². The minimum Gasteiger partial charge on any atom is -0.478 e. The smallest absolute Gasteiger partial charge is 0.452 e. The maximum Gasteiger partial charge on any atom is 0.452 e. The van der Waals surface area contributed by atoms with E-state index < -0.39 is 28.0 Å². The van der Waals surface area contributed by atoms with E-state index in [1.165, 1.54) is 23.5 Å². The van der Waals surface area contributed by atoms with Crippen LogP contribution in [-0.4, -0.2) is 62.5 Å². The highest BCUT2D eigenvalue weighted by molar-refractivity contribution is 7.89. The van der Waals surface area contributed by atoms with E-state index in [1.54, 1.807) is 43.5 Å². The predicted octanol–water partition coefficient (Wildman–Crippen LogP) is 5.23. The molecule has 1 N–H and O–H groups in total. The van der Waals surface area contributed by atoms with E-state index in [-0.39, 0.29) is 40.8 Å². The molecule has 0 radical (unpaired) electrons. The van der Waals surface area contributed by atoms with Gasteiger partial charge in [-0.3, -0.25) is 4.40 Å². The average Bonchev–Trinajstić information content (AvgIpc) is 3.42. The topological polar surface area (TPSA) is 121 Å². The summed E-state index contributed by atoms with van der Waals surface area (Å²) in [6.07, 6.45) is 0.804. The number of rotatable bonds is 5. The normalized spacial score (nSPS) is 19.1. The second-order valence-corrected chi connectivity index (χ2v) is 13.4. The maximum absolute atomic E-state index is 14.0. The van der Waals surface area contributed by atoms with E-state index in [4.69, 9.17) is 0 Å². The number of anilines is 1. The van der Waals surface area contributed by atoms with E-state index in [2.05, 4.69) is 20.1 Å². The Morgan fingerprint density at radius 2 is 1.89 bits per heavy atom. The average molecular weight is 641 g/mol. The van der Waals surface area contributed by atoms with Crippen LogP contribution in [-0.2, 0) is 27.5 Å². The molecule has 236 valence electrons. The van der Waals surface area contributed by atoms with E-state index in [0.717, 1.165) is 35.8 Å². The molecule has 6 rings (SSSR count). The van der Waals surface area contributed by atoms with Crippen molar-refractivity contribution in [1.82, 2.24) is 23.9 Å². The summed E-state index contributed by atoms with van der Waals surface area (Å²) in [7, 11) is -3.94. The first-order chi connectivity index (χ1) is 21.3. The van der Waals surface area contributed by atoms with Gasteiger partial charge in [-0.15, -0.1) is 10.2 Å². The Morgan fingerprint density at radius 3 is 2.62 bits per heavy atom. The number of carboxylic acid groups (broad SMARTS) is 1. The minimum absolute atomic E-state index is 0.0342. The van der Waals surface area contributed by atoms with Gasteiger partial charge >= 0.3 is 12.1 Å². The zero-order valence-electron chi connectivity index (χ0n) is 24.8. The number of hydrogen-bond donors (Lipinski definition) is 1. The van der Waals surface area contributed by atoms with Crippen molar-refractivity contribution in [2.75, 3.05) is 18.0 Å². The van der Waals surface area contributed by atoms with Crippen molar-refractivity contribution in [3.05, 3.63) is 88.0 Å². The van der Waals surface area contributed by atoms with Gasteiger partial charge in [0.05, 0.1) is 0 Å². The molecule has 14 heteroatoms. The summed E-state index contributed by atoms with van der Waals surface area (Å²) in [4.78, 5) is 19.0. The second kappa shape index (κ2) is 11.2. The van der Waals surface area contributed by atoms with E-state index in [1.807, 2.05) is 6.92 Å². The number of hydrogen-bond acceptors (Lipinski definition) is 7. The molecule has 0 aliphatic carbocycles. The number of nitrogens with zero attached hydrogens (tertiary/aromatic N) is 6. The molecule has 1 atom stereocenters. The lowest BCUT2D eigenvalue weighted by Gasteiger charge is -2.36. The number of aromatic nitrogens is 4. The van der Waals surface area contributed by atoms with Gasteiger partial charge in [0.2, 0.25) is 15.8 Å². The molecule has 0 spiro atoms. The van der Waals surface area contributed by atoms with Crippen LogP contribution in [0.4, 0.5) is 19.0 Å². The van der Waals surface area contributed by atoms with Crippen LogP contribution in [0.25, 0.3) is 11.2 Å². The van der Waals surface area contributed by atoms with E-state index in [9.17, 15) is 31.5 Å². The van der Waals surface area contributed by atoms with Gasteiger partial charge in [0.15, 0.2) is 5.65 Å². The van der Waals surface area contributed by atoms with Gasteiger partial charge in [-0.2, -0.15) is 17.5 Å². The fourth-order valence-electron chi connectivity index (χ4n) is 6.31. The molecule has 0 unspecified atom stereocenters. The Morgan fingerprint density at radius 1 is 1.11 bits per heavy atom. The number of piperidine rings is 1. The van der Waals surface area contributed by atoms with Gasteiger partial charge < -0.3 is 10.0 Å². The Kier molecular flexibility index (Phi) is 7.68. The maximum atomic E-state index is 14.0. The van der Waals surface area contributed by atoms with Crippen LogP contribution in [0.5, 0.6) is 0 Å². The van der Waals surface area contributed by atoms with Crippen LogP contribution in [0.3, 0.4) is 0 Å². The lowest BCUT2D eigenvalue weighted by Crippen LogP contribution is -2.45. The van der Waals surface area contributed by atoms with Crippen molar-refractivity contribution in [3.8, 4) is 0 Å². The van der Waals surface area contributed by atoms with Crippen molar-refractivity contribution < 1.29 is 31.5 Å². The standard InChI is InChI=1S/C31H31F3N6O4S/c1-18-9-10-21(26(20(3)29(41)42)24-11-14-40-27(19(24)2)36-37-30(40)31(32,33)34)15-22(18)16-38-17-23-7-4-5-13-39(23)28-25(45(38,43)44)8-6-12-35-28/h6,8-12,14-15,23H,4-5,7,13,16-17H2,1-3H3,(H,41,42)/b26-20+/t23-/m0/s1. The third-order valence-electron chi connectivity index (χ3n) is 8.71. The molecule has 0 amide bonds. The molecule has 45 heavy (non-hydrogen) atoms. The summed E-state index contributed by atoms with van der Waals surface area (Å²) in [5.74, 6) is -1.93. The van der Waals surface area contributed by atoms with Gasteiger partial charge in [0, 0.05) is 49.2 Å². The summed E-state index contributed by atoms with van der Waals surface area (Å²) >= 11 is 0. The molecule has 0 bridgehead atoms. The first kappa shape index (κ1) is 30.7. The number of pyridine rings is 2. The third-order valence-corrected chi connectivity index (χ3v) is 10.5. The number of aryl methyl sites for hydroxylation is 2. The SMILES string of the molecule is C/C(C(=O)O)=C(/c1ccc(C)c(CN2C[C@@H]3CCCCN3c3ncccc3S2(=O)=O)c1)c1ccn2c(C(F)(F)F)nnc2c1C. The van der Waals surface area contributed by atoms with Crippen LogP contribution in [0, 0.1) is 13.8 Å². The van der Waals surface area contributed by atoms with Gasteiger partial charge in [-0.1, -0.05) is 12.1 Å². The van der Waals surface area contributed by atoms with Gasteiger partial charge in [0.1, 0.15) is 10.7 Å². The number of aliphatic carboxylic acids is 1. The molecular weight excluding hydrogens is 609 g/mol. The van der Waals surface area contributed by atoms with Crippen LogP contribution < -0.4 is 4.90 Å². The zero-order chi connectivity index (χ0) is 32.3. The number of carbonyl (C=O) groups is 1. The Bertz CT molecular complexity index is 1970. The van der Waals surface area contributed by atoms with Gasteiger partial charge in [-0.25, -0.2) is 18.2 Å². The van der Waals surface area contributed by atoms with Gasteiger partial charge in [0.25, 0.3) is 0 Å². The van der Waals surface area contributed by atoms with Crippen molar-refractivity contribution in [2.24, 2.45) is 0 Å². The van der Waals surface area contributed by atoms with E-state index >= 15 is 0 Å². The predicted molar refractivity (Wildman–Crippen MR) is 160 cm³/mol. The quantitative estimate of drug-likeness (QED) is 0.295. The lowest BCUT2D eigenvalue weighted by molar-refractivity contribution is -0.145. The second-order valence-electron chi connectivity index (χ2n) is 11.5. The summed E-state index contributed by atoms with van der Waals surface area (Å²) in [6, 6.07) is 9.85.